The lowest BCUT2D eigenvalue weighted by Gasteiger charge is -2.29. The van der Waals surface area contributed by atoms with Gasteiger partial charge in [-0.15, -0.1) is 0 Å². The first kappa shape index (κ1) is 19.6. The van der Waals surface area contributed by atoms with Gasteiger partial charge in [0.1, 0.15) is 17.8 Å². The lowest BCUT2D eigenvalue weighted by Crippen LogP contribution is -2.56. The molecule has 8 heteroatoms. The number of carbonyl (C=O) groups is 2. The average molecular weight is 311 g/mol. The molecule has 0 heterocycles. The van der Waals surface area contributed by atoms with E-state index in [0.717, 1.165) is 0 Å². The molecule has 0 aliphatic rings. The second-order valence-electron chi connectivity index (χ2n) is 6.53. The Bertz CT molecular complexity index is 385. The first-order valence-electron chi connectivity index (χ1n) is 6.39. The van der Waals surface area contributed by atoms with Gasteiger partial charge in [-0.05, 0) is 41.5 Å². The van der Waals surface area contributed by atoms with Crippen molar-refractivity contribution in [1.29, 1.82) is 0 Å². The van der Waals surface area contributed by atoms with Crippen molar-refractivity contribution in [3.8, 4) is 0 Å². The number of aliphatic hydroxyl groups excluding tert-OH is 1. The minimum absolute atomic E-state index is 0.920. The van der Waals surface area contributed by atoms with Crippen molar-refractivity contribution in [2.75, 3.05) is 6.61 Å². The van der Waals surface area contributed by atoms with Gasteiger partial charge < -0.3 is 19.9 Å². The Morgan fingerprint density at radius 1 is 1.05 bits per heavy atom. The fourth-order valence-electron chi connectivity index (χ4n) is 1.21. The van der Waals surface area contributed by atoms with Crippen molar-refractivity contribution in [3.05, 3.63) is 0 Å². The maximum atomic E-state index is 13.6. The molecule has 0 radical (unpaired) electrons. The number of aliphatic hydroxyl groups is 1. The van der Waals surface area contributed by atoms with E-state index >= 15 is 0 Å². The van der Waals surface area contributed by atoms with E-state index in [1.165, 1.54) is 20.8 Å². The normalized spacial score (nSPS) is 14.3. The van der Waals surface area contributed by atoms with Crippen LogP contribution < -0.4 is 5.32 Å². The molecule has 0 spiro atoms. The van der Waals surface area contributed by atoms with Crippen LogP contribution in [0.4, 0.5) is 13.6 Å². The fourth-order valence-corrected chi connectivity index (χ4v) is 1.21. The molecule has 21 heavy (non-hydrogen) atoms. The number of amides is 1. The van der Waals surface area contributed by atoms with Crippen molar-refractivity contribution in [2.24, 2.45) is 0 Å². The molecule has 0 saturated heterocycles. The van der Waals surface area contributed by atoms with E-state index in [1.54, 1.807) is 26.1 Å². The lowest BCUT2D eigenvalue weighted by atomic mass is 10.1. The van der Waals surface area contributed by atoms with Crippen LogP contribution in [0.3, 0.4) is 0 Å². The molecule has 0 bridgehead atoms. The highest BCUT2D eigenvalue weighted by Gasteiger charge is 2.47. The van der Waals surface area contributed by atoms with Crippen LogP contribution in [0.1, 0.15) is 41.5 Å². The topological polar surface area (TPSA) is 84.9 Å². The molecule has 0 saturated carbocycles. The monoisotopic (exact) mass is 311 g/mol. The van der Waals surface area contributed by atoms with Crippen LogP contribution >= 0.6 is 0 Å². The van der Waals surface area contributed by atoms with E-state index in [2.05, 4.69) is 0 Å². The second kappa shape index (κ2) is 6.55. The van der Waals surface area contributed by atoms with E-state index in [-0.39, 0.29) is 0 Å². The van der Waals surface area contributed by atoms with Crippen LogP contribution in [0.25, 0.3) is 0 Å². The number of halogens is 2. The number of carbonyl (C=O) groups excluding carboxylic acids is 2. The quantitative estimate of drug-likeness (QED) is 0.774. The molecule has 2 N–H and O–H groups in total. The summed E-state index contributed by atoms with van der Waals surface area (Å²) < 4.78 is 36.9. The maximum Gasteiger partial charge on any atom is 0.408 e. The molecule has 0 rings (SSSR count). The Hall–Kier alpha value is -1.44. The number of esters is 1. The van der Waals surface area contributed by atoms with Gasteiger partial charge in [0.25, 0.3) is 0 Å². The third-order valence-electron chi connectivity index (χ3n) is 1.94. The summed E-state index contributed by atoms with van der Waals surface area (Å²) in [6.07, 6.45) is -1.20. The highest BCUT2D eigenvalue weighted by molar-refractivity contribution is 5.82. The minimum Gasteiger partial charge on any atom is -0.458 e. The van der Waals surface area contributed by atoms with Crippen molar-refractivity contribution >= 4 is 12.1 Å². The van der Waals surface area contributed by atoms with Crippen molar-refractivity contribution in [2.45, 2.75) is 64.7 Å². The Morgan fingerprint density at radius 3 is 1.81 bits per heavy atom. The van der Waals surface area contributed by atoms with Gasteiger partial charge >= 0.3 is 18.0 Å². The minimum atomic E-state index is -3.88. The molecule has 1 unspecified atom stereocenters. The lowest BCUT2D eigenvalue weighted by molar-refractivity contribution is -0.171. The predicted molar refractivity (Wildman–Crippen MR) is 71.0 cm³/mol. The molecule has 0 aromatic rings. The first-order chi connectivity index (χ1) is 9.18. The molecular weight excluding hydrogens is 288 g/mol. The summed E-state index contributed by atoms with van der Waals surface area (Å²) in [4.78, 5) is 23.3. The fraction of sp³-hybridized carbons (Fsp3) is 0.846. The summed E-state index contributed by atoms with van der Waals surface area (Å²) in [6.45, 7) is 7.48. The predicted octanol–water partition coefficient (Wildman–Crippen LogP) is 1.85. The first-order valence-corrected chi connectivity index (χ1v) is 6.39. The van der Waals surface area contributed by atoms with E-state index in [0.29, 0.717) is 0 Å². The molecule has 0 aliphatic carbocycles. The number of alkyl carbamates (subject to hydrolysis) is 1. The molecule has 1 atom stereocenters. The van der Waals surface area contributed by atoms with Crippen LogP contribution in [-0.4, -0.2) is 46.9 Å². The van der Waals surface area contributed by atoms with Crippen LogP contribution in [0.15, 0.2) is 0 Å². The number of nitrogens with one attached hydrogen (secondary N) is 1. The summed E-state index contributed by atoms with van der Waals surface area (Å²) in [6, 6.07) is -2.34. The van der Waals surface area contributed by atoms with Gasteiger partial charge in [0.2, 0.25) is 0 Å². The standard InChI is InChI=1S/C13H23F2NO5/c1-11(2,3)20-9(18)8(13(14,15)7-17)16-10(19)21-12(4,5)6/h8,17H,7H2,1-6H3,(H,16,19). The van der Waals surface area contributed by atoms with E-state index in [1.807, 2.05) is 0 Å². The summed E-state index contributed by atoms with van der Waals surface area (Å²) in [5, 5.41) is 10.4. The molecule has 1 amide bonds. The van der Waals surface area contributed by atoms with E-state index in [4.69, 9.17) is 14.6 Å². The average Bonchev–Trinajstić information content (AvgIpc) is 2.20. The molecule has 0 aromatic carbocycles. The van der Waals surface area contributed by atoms with Crippen LogP contribution in [0.5, 0.6) is 0 Å². The number of rotatable bonds is 4. The van der Waals surface area contributed by atoms with Gasteiger partial charge in [0.15, 0.2) is 6.04 Å². The second-order valence-corrected chi connectivity index (χ2v) is 6.53. The highest BCUT2D eigenvalue weighted by Crippen LogP contribution is 2.22. The highest BCUT2D eigenvalue weighted by atomic mass is 19.3. The van der Waals surface area contributed by atoms with Gasteiger partial charge in [-0.2, -0.15) is 0 Å². The van der Waals surface area contributed by atoms with Crippen LogP contribution in [0, 0.1) is 0 Å². The van der Waals surface area contributed by atoms with Crippen LogP contribution in [-0.2, 0) is 14.3 Å². The SMILES string of the molecule is CC(C)(C)OC(=O)NC(C(=O)OC(C)(C)C)C(F)(F)CO. The number of hydrogen-bond acceptors (Lipinski definition) is 5. The van der Waals surface area contributed by atoms with Gasteiger partial charge in [-0.1, -0.05) is 0 Å². The number of alkyl halides is 2. The molecule has 124 valence electrons. The molecule has 0 fully saturated rings. The van der Waals surface area contributed by atoms with Crippen molar-refractivity contribution in [3.63, 3.8) is 0 Å². The molecule has 6 nitrogen and oxygen atoms in total. The van der Waals surface area contributed by atoms with E-state index in [9.17, 15) is 18.4 Å². The van der Waals surface area contributed by atoms with E-state index < -0.39 is 41.8 Å². The Balaban J connectivity index is 5.10. The Kier molecular flexibility index (Phi) is 6.10. The summed E-state index contributed by atoms with van der Waals surface area (Å²) in [5.41, 5.74) is -1.94. The molecular formula is C13H23F2NO5. The number of hydrogen-bond donors (Lipinski definition) is 2. The van der Waals surface area contributed by atoms with Gasteiger partial charge in [0.05, 0.1) is 0 Å². The molecule has 0 aromatic heterocycles. The third kappa shape index (κ3) is 7.79. The smallest absolute Gasteiger partial charge is 0.408 e. The van der Waals surface area contributed by atoms with Gasteiger partial charge in [-0.25, -0.2) is 18.4 Å². The Morgan fingerprint density at radius 2 is 1.48 bits per heavy atom. The zero-order valence-electron chi connectivity index (χ0n) is 13.1. The van der Waals surface area contributed by atoms with Crippen LogP contribution in [0.2, 0.25) is 0 Å². The zero-order chi connectivity index (χ0) is 17.1. The molecule has 0 aliphatic heterocycles. The Labute approximate surface area is 122 Å². The van der Waals surface area contributed by atoms with Crippen molar-refractivity contribution < 1.29 is 33.0 Å². The third-order valence-corrected chi connectivity index (χ3v) is 1.94. The summed E-state index contributed by atoms with van der Waals surface area (Å²) in [7, 11) is 0. The van der Waals surface area contributed by atoms with Gasteiger partial charge in [0, 0.05) is 0 Å². The zero-order valence-corrected chi connectivity index (χ0v) is 13.1. The number of ether oxygens (including phenoxy) is 2. The maximum absolute atomic E-state index is 13.6. The van der Waals surface area contributed by atoms with Crippen molar-refractivity contribution in [1.82, 2.24) is 5.32 Å². The summed E-state index contributed by atoms with van der Waals surface area (Å²) in [5.74, 6) is -5.23. The summed E-state index contributed by atoms with van der Waals surface area (Å²) >= 11 is 0. The van der Waals surface area contributed by atoms with Gasteiger partial charge in [-0.3, -0.25) is 0 Å². The largest absolute Gasteiger partial charge is 0.458 e.